The lowest BCUT2D eigenvalue weighted by Gasteiger charge is -2.09. The van der Waals surface area contributed by atoms with Crippen LogP contribution in [0.25, 0.3) is 33.1 Å². The SMILES string of the molecule is [2H]C([2H])([2H])NC(=O)c1coc2cc(Oc3ccnc4cc(-c5cn(C)cn5)ccc34)ccc12. The molecule has 7 nitrogen and oxygen atoms in total. The molecule has 1 N–H and O–H groups in total. The van der Waals surface area contributed by atoms with Crippen LogP contribution in [-0.4, -0.2) is 27.4 Å². The summed E-state index contributed by atoms with van der Waals surface area (Å²) >= 11 is 0. The molecule has 3 heterocycles. The largest absolute Gasteiger partial charge is 0.463 e. The number of rotatable bonds is 4. The summed E-state index contributed by atoms with van der Waals surface area (Å²) in [4.78, 5) is 21.0. The van der Waals surface area contributed by atoms with Gasteiger partial charge in [-0.1, -0.05) is 6.07 Å². The molecule has 5 rings (SSSR count). The Morgan fingerprint density at radius 3 is 2.90 bits per heavy atom. The Balaban J connectivity index is 1.44. The van der Waals surface area contributed by atoms with Crippen molar-refractivity contribution >= 4 is 27.8 Å². The average Bonchev–Trinajstić information content (AvgIpc) is 3.38. The van der Waals surface area contributed by atoms with E-state index in [0.29, 0.717) is 22.5 Å². The Labute approximate surface area is 176 Å². The summed E-state index contributed by atoms with van der Waals surface area (Å²) < 4.78 is 35.1. The van der Waals surface area contributed by atoms with Gasteiger partial charge in [0.15, 0.2) is 0 Å². The van der Waals surface area contributed by atoms with Crippen LogP contribution in [0, 0.1) is 0 Å². The highest BCUT2D eigenvalue weighted by Gasteiger charge is 2.14. The highest BCUT2D eigenvalue weighted by atomic mass is 16.5. The predicted octanol–water partition coefficient (Wildman–Crippen LogP) is 4.53. The third-order valence-electron chi connectivity index (χ3n) is 4.84. The fourth-order valence-corrected chi connectivity index (χ4v) is 3.37. The molecule has 0 bridgehead atoms. The van der Waals surface area contributed by atoms with Gasteiger partial charge in [0.25, 0.3) is 5.91 Å². The molecule has 5 aromatic rings. The number of fused-ring (bicyclic) bond motifs is 2. The second kappa shape index (κ2) is 7.04. The Hall–Kier alpha value is -4.13. The molecule has 0 unspecified atom stereocenters. The third kappa shape index (κ3) is 3.06. The van der Waals surface area contributed by atoms with E-state index in [-0.39, 0.29) is 5.56 Å². The number of carbonyl (C=O) groups is 1. The quantitative estimate of drug-likeness (QED) is 0.478. The predicted molar refractivity (Wildman–Crippen MR) is 114 cm³/mol. The minimum absolute atomic E-state index is 0.143. The van der Waals surface area contributed by atoms with Crippen molar-refractivity contribution in [1.29, 1.82) is 0 Å². The lowest BCUT2D eigenvalue weighted by molar-refractivity contribution is 0.0964. The number of furan rings is 1. The van der Waals surface area contributed by atoms with Crippen molar-refractivity contribution in [3.63, 3.8) is 0 Å². The highest BCUT2D eigenvalue weighted by molar-refractivity contribution is 6.06. The monoisotopic (exact) mass is 401 g/mol. The van der Waals surface area contributed by atoms with Gasteiger partial charge >= 0.3 is 0 Å². The molecule has 0 aliphatic rings. The zero-order chi connectivity index (χ0) is 23.2. The van der Waals surface area contributed by atoms with E-state index in [4.69, 9.17) is 13.3 Å². The number of aryl methyl sites for hydroxylation is 1. The average molecular weight is 401 g/mol. The van der Waals surface area contributed by atoms with E-state index in [1.807, 2.05) is 41.3 Å². The van der Waals surface area contributed by atoms with E-state index in [2.05, 4.69) is 9.97 Å². The number of benzene rings is 2. The van der Waals surface area contributed by atoms with E-state index >= 15 is 0 Å². The Morgan fingerprint density at radius 2 is 2.07 bits per heavy atom. The molecule has 3 aromatic heterocycles. The fraction of sp³-hybridized carbons (Fsp3) is 0.0870. The Morgan fingerprint density at radius 1 is 1.17 bits per heavy atom. The molecule has 0 radical (unpaired) electrons. The number of hydrogen-bond donors (Lipinski definition) is 1. The first-order valence-corrected chi connectivity index (χ1v) is 9.15. The Bertz CT molecular complexity index is 1500. The summed E-state index contributed by atoms with van der Waals surface area (Å²) in [6, 6.07) is 12.6. The van der Waals surface area contributed by atoms with Crippen LogP contribution in [0.1, 0.15) is 14.5 Å². The molecule has 0 aliphatic carbocycles. The van der Waals surface area contributed by atoms with E-state index in [1.165, 1.54) is 6.26 Å². The molecule has 0 saturated heterocycles. The molecule has 0 aliphatic heterocycles. The van der Waals surface area contributed by atoms with Gasteiger partial charge in [-0.2, -0.15) is 0 Å². The molecule has 0 atom stereocenters. The third-order valence-corrected chi connectivity index (χ3v) is 4.84. The summed E-state index contributed by atoms with van der Waals surface area (Å²) in [6.45, 7) is -2.58. The molecule has 30 heavy (non-hydrogen) atoms. The van der Waals surface area contributed by atoms with Crippen molar-refractivity contribution < 1.29 is 18.1 Å². The second-order valence-electron chi connectivity index (χ2n) is 6.83. The maximum atomic E-state index is 12.2. The number of nitrogens with zero attached hydrogens (tertiary/aromatic N) is 3. The van der Waals surface area contributed by atoms with Crippen molar-refractivity contribution in [3.05, 3.63) is 73.0 Å². The van der Waals surface area contributed by atoms with Gasteiger partial charge in [0, 0.05) is 52.9 Å². The van der Waals surface area contributed by atoms with E-state index in [0.717, 1.165) is 22.2 Å². The summed E-state index contributed by atoms with van der Waals surface area (Å²) in [7, 11) is 1.92. The molecule has 0 fully saturated rings. The smallest absolute Gasteiger partial charge is 0.254 e. The first kappa shape index (κ1) is 14.8. The maximum Gasteiger partial charge on any atom is 0.254 e. The molecule has 0 spiro atoms. The number of hydrogen-bond acceptors (Lipinski definition) is 5. The number of pyridine rings is 1. The first-order chi connectivity index (χ1) is 15.8. The number of carbonyl (C=O) groups excluding carboxylic acids is 1. The molecule has 7 heteroatoms. The zero-order valence-electron chi connectivity index (χ0n) is 18.9. The van der Waals surface area contributed by atoms with Crippen LogP contribution in [0.15, 0.2) is 71.9 Å². The normalized spacial score (nSPS) is 13.0. The summed E-state index contributed by atoms with van der Waals surface area (Å²) in [5.41, 5.74) is 3.11. The topological polar surface area (TPSA) is 82.2 Å². The first-order valence-electron chi connectivity index (χ1n) is 10.7. The number of ether oxygens (including phenoxy) is 1. The van der Waals surface area contributed by atoms with Crippen LogP contribution in [0.5, 0.6) is 11.5 Å². The van der Waals surface area contributed by atoms with Gasteiger partial charge in [0.2, 0.25) is 0 Å². The van der Waals surface area contributed by atoms with Gasteiger partial charge in [0.1, 0.15) is 23.3 Å². The molecule has 0 saturated carbocycles. The standard InChI is InChI=1S/C23H18N4O3/c1-24-23(28)18-12-29-22-10-15(4-6-16(18)22)30-21-7-8-25-19-9-14(3-5-17(19)21)20-11-27(2)13-26-20/h3-13H,1-2H3,(H,24,28)/i1D3. The molecular weight excluding hydrogens is 380 g/mol. The minimum Gasteiger partial charge on any atom is -0.463 e. The van der Waals surface area contributed by atoms with Crippen LogP contribution in [-0.2, 0) is 7.05 Å². The van der Waals surface area contributed by atoms with Crippen LogP contribution in [0.3, 0.4) is 0 Å². The summed E-state index contributed by atoms with van der Waals surface area (Å²) in [5.74, 6) is 0.381. The van der Waals surface area contributed by atoms with E-state index in [1.54, 1.807) is 36.8 Å². The van der Waals surface area contributed by atoms with Crippen LogP contribution < -0.4 is 10.1 Å². The molecule has 1 amide bonds. The van der Waals surface area contributed by atoms with Crippen molar-refractivity contribution in [2.75, 3.05) is 6.98 Å². The molecular formula is C23H18N4O3. The highest BCUT2D eigenvalue weighted by Crippen LogP contribution is 2.33. The van der Waals surface area contributed by atoms with Gasteiger partial charge in [-0.3, -0.25) is 9.78 Å². The molecule has 2 aromatic carbocycles. The van der Waals surface area contributed by atoms with Crippen LogP contribution in [0.2, 0.25) is 0 Å². The number of imidazole rings is 1. The van der Waals surface area contributed by atoms with E-state index < -0.39 is 12.9 Å². The van der Waals surface area contributed by atoms with E-state index in [9.17, 15) is 4.79 Å². The lowest BCUT2D eigenvalue weighted by Crippen LogP contribution is -2.17. The van der Waals surface area contributed by atoms with Crippen molar-refractivity contribution in [2.45, 2.75) is 0 Å². The van der Waals surface area contributed by atoms with Gasteiger partial charge in [-0.15, -0.1) is 0 Å². The van der Waals surface area contributed by atoms with Gasteiger partial charge in [-0.25, -0.2) is 4.98 Å². The second-order valence-corrected chi connectivity index (χ2v) is 6.83. The summed E-state index contributed by atoms with van der Waals surface area (Å²) in [6.07, 6.45) is 6.58. The van der Waals surface area contributed by atoms with Crippen molar-refractivity contribution in [2.24, 2.45) is 7.05 Å². The van der Waals surface area contributed by atoms with Crippen LogP contribution in [0.4, 0.5) is 0 Å². The van der Waals surface area contributed by atoms with Gasteiger partial charge in [0.05, 0.1) is 23.1 Å². The van der Waals surface area contributed by atoms with Gasteiger partial charge in [-0.05, 0) is 30.3 Å². The number of aromatic nitrogens is 3. The number of amides is 1. The number of nitrogens with one attached hydrogen (secondary N) is 1. The van der Waals surface area contributed by atoms with Crippen molar-refractivity contribution in [3.8, 4) is 22.8 Å². The van der Waals surface area contributed by atoms with Crippen LogP contribution >= 0.6 is 0 Å². The molecule has 148 valence electrons. The fourth-order valence-electron chi connectivity index (χ4n) is 3.37. The zero-order valence-corrected chi connectivity index (χ0v) is 15.9. The minimum atomic E-state index is -2.58. The lowest BCUT2D eigenvalue weighted by atomic mass is 10.1. The van der Waals surface area contributed by atoms with Crippen molar-refractivity contribution in [1.82, 2.24) is 19.9 Å². The van der Waals surface area contributed by atoms with Gasteiger partial charge < -0.3 is 19.0 Å². The Kier molecular flexibility index (Phi) is 3.47. The maximum absolute atomic E-state index is 12.2. The summed E-state index contributed by atoms with van der Waals surface area (Å²) in [5, 5.41) is 3.28.